The van der Waals surface area contributed by atoms with Gasteiger partial charge in [0.25, 0.3) is 0 Å². The Balaban J connectivity index is 2.61. The lowest BCUT2D eigenvalue weighted by atomic mass is 10.1. The molecule has 0 saturated carbocycles. The zero-order valence-electron chi connectivity index (χ0n) is 12.3. The van der Waals surface area contributed by atoms with Crippen molar-refractivity contribution in [2.24, 2.45) is 11.7 Å². The number of nitrogens with one attached hydrogen (secondary N) is 2. The number of benzene rings is 1. The van der Waals surface area contributed by atoms with Crippen molar-refractivity contribution in [3.05, 3.63) is 27.7 Å². The van der Waals surface area contributed by atoms with Crippen molar-refractivity contribution in [2.45, 2.75) is 26.5 Å². The van der Waals surface area contributed by atoms with E-state index in [-0.39, 0.29) is 29.1 Å². The highest BCUT2D eigenvalue weighted by Gasteiger charge is 2.17. The quantitative estimate of drug-likeness (QED) is 0.626. The smallest absolute Gasteiger partial charge is 0.243 e. The van der Waals surface area contributed by atoms with Gasteiger partial charge in [0.2, 0.25) is 11.8 Å². The molecule has 0 saturated heterocycles. The van der Waals surface area contributed by atoms with Crippen LogP contribution in [-0.4, -0.2) is 29.5 Å². The SMILES string of the molecule is CC(C)C(N)C(=O)NCC(=O)Nc1cc(Cl)c(CO)c(Cl)c1. The minimum Gasteiger partial charge on any atom is -0.392 e. The Labute approximate surface area is 139 Å². The molecule has 0 aliphatic carbocycles. The highest BCUT2D eigenvalue weighted by molar-refractivity contribution is 6.36. The van der Waals surface area contributed by atoms with Crippen LogP contribution in [0.5, 0.6) is 0 Å². The molecular formula is C14H19Cl2N3O3. The minimum absolute atomic E-state index is 0.0216. The van der Waals surface area contributed by atoms with Gasteiger partial charge < -0.3 is 21.5 Å². The van der Waals surface area contributed by atoms with E-state index in [4.69, 9.17) is 34.0 Å². The molecule has 22 heavy (non-hydrogen) atoms. The molecular weight excluding hydrogens is 329 g/mol. The third-order valence-electron chi connectivity index (χ3n) is 3.03. The van der Waals surface area contributed by atoms with Gasteiger partial charge in [0.05, 0.1) is 19.2 Å². The lowest BCUT2D eigenvalue weighted by Crippen LogP contribution is -2.46. The van der Waals surface area contributed by atoms with E-state index in [0.29, 0.717) is 11.3 Å². The average Bonchev–Trinajstić information content (AvgIpc) is 2.43. The Hall–Kier alpha value is -1.34. The summed E-state index contributed by atoms with van der Waals surface area (Å²) in [7, 11) is 0. The van der Waals surface area contributed by atoms with Gasteiger partial charge in [-0.1, -0.05) is 37.0 Å². The molecule has 0 spiro atoms. The molecule has 1 unspecified atom stereocenters. The van der Waals surface area contributed by atoms with E-state index < -0.39 is 17.9 Å². The van der Waals surface area contributed by atoms with Crippen molar-refractivity contribution in [2.75, 3.05) is 11.9 Å². The summed E-state index contributed by atoms with van der Waals surface area (Å²) in [5.41, 5.74) is 6.43. The standard InChI is InChI=1S/C14H19Cl2N3O3/c1-7(2)13(17)14(22)18-5-12(21)19-8-3-10(15)9(6-20)11(16)4-8/h3-4,7,13,20H,5-6,17H2,1-2H3,(H,18,22)(H,19,21). The summed E-state index contributed by atoms with van der Waals surface area (Å²) >= 11 is 11.9. The second-order valence-electron chi connectivity index (χ2n) is 5.11. The molecule has 0 aromatic heterocycles. The van der Waals surface area contributed by atoms with E-state index in [2.05, 4.69) is 10.6 Å². The van der Waals surface area contributed by atoms with Crippen molar-refractivity contribution in [3.63, 3.8) is 0 Å². The van der Waals surface area contributed by atoms with Gasteiger partial charge in [0.1, 0.15) is 0 Å². The first kappa shape index (κ1) is 18.7. The summed E-state index contributed by atoms with van der Waals surface area (Å²) in [6.07, 6.45) is 0. The number of carbonyl (C=O) groups is 2. The van der Waals surface area contributed by atoms with E-state index >= 15 is 0 Å². The third kappa shape index (κ3) is 5.14. The molecule has 1 atom stereocenters. The van der Waals surface area contributed by atoms with Crippen molar-refractivity contribution in [1.29, 1.82) is 0 Å². The van der Waals surface area contributed by atoms with E-state index in [1.807, 2.05) is 13.8 Å². The fraction of sp³-hybridized carbons (Fsp3) is 0.429. The number of halogens is 2. The maximum atomic E-state index is 11.8. The zero-order valence-corrected chi connectivity index (χ0v) is 13.8. The van der Waals surface area contributed by atoms with Crippen LogP contribution in [0, 0.1) is 5.92 Å². The summed E-state index contributed by atoms with van der Waals surface area (Å²) in [4.78, 5) is 23.4. The van der Waals surface area contributed by atoms with Gasteiger partial charge in [-0.3, -0.25) is 9.59 Å². The molecule has 5 N–H and O–H groups in total. The van der Waals surface area contributed by atoms with Crippen molar-refractivity contribution >= 4 is 40.7 Å². The van der Waals surface area contributed by atoms with Gasteiger partial charge >= 0.3 is 0 Å². The molecule has 0 bridgehead atoms. The van der Waals surface area contributed by atoms with Crippen molar-refractivity contribution in [3.8, 4) is 0 Å². The van der Waals surface area contributed by atoms with Crippen LogP contribution in [0.4, 0.5) is 5.69 Å². The van der Waals surface area contributed by atoms with Gasteiger partial charge in [-0.15, -0.1) is 0 Å². The summed E-state index contributed by atoms with van der Waals surface area (Å²) in [6.45, 7) is 3.12. The molecule has 6 nitrogen and oxygen atoms in total. The normalized spacial score (nSPS) is 12.1. The summed E-state index contributed by atoms with van der Waals surface area (Å²) in [6, 6.07) is 2.28. The van der Waals surface area contributed by atoms with E-state index in [1.54, 1.807) is 0 Å². The van der Waals surface area contributed by atoms with Crippen LogP contribution in [-0.2, 0) is 16.2 Å². The third-order valence-corrected chi connectivity index (χ3v) is 3.70. The van der Waals surface area contributed by atoms with Crippen LogP contribution in [0.3, 0.4) is 0 Å². The van der Waals surface area contributed by atoms with Crippen LogP contribution in [0.2, 0.25) is 10.0 Å². The van der Waals surface area contributed by atoms with Crippen LogP contribution < -0.4 is 16.4 Å². The second kappa shape index (κ2) is 8.33. The largest absolute Gasteiger partial charge is 0.392 e. The van der Waals surface area contributed by atoms with Crippen LogP contribution in [0.1, 0.15) is 19.4 Å². The summed E-state index contributed by atoms with van der Waals surface area (Å²) in [5.74, 6) is -0.850. The highest BCUT2D eigenvalue weighted by Crippen LogP contribution is 2.28. The zero-order chi connectivity index (χ0) is 16.9. The lowest BCUT2D eigenvalue weighted by molar-refractivity contribution is -0.125. The Morgan fingerprint density at radius 3 is 2.27 bits per heavy atom. The molecule has 8 heteroatoms. The molecule has 0 radical (unpaired) electrons. The van der Waals surface area contributed by atoms with Crippen molar-refractivity contribution < 1.29 is 14.7 Å². The van der Waals surface area contributed by atoms with Crippen LogP contribution in [0.15, 0.2) is 12.1 Å². The number of amides is 2. The molecule has 0 heterocycles. The Morgan fingerprint density at radius 2 is 1.82 bits per heavy atom. The number of hydrogen-bond donors (Lipinski definition) is 4. The monoisotopic (exact) mass is 347 g/mol. The van der Waals surface area contributed by atoms with Crippen molar-refractivity contribution in [1.82, 2.24) is 5.32 Å². The first-order valence-corrected chi connectivity index (χ1v) is 7.43. The highest BCUT2D eigenvalue weighted by atomic mass is 35.5. The van der Waals surface area contributed by atoms with Crippen LogP contribution >= 0.6 is 23.2 Å². The van der Waals surface area contributed by atoms with E-state index in [1.165, 1.54) is 12.1 Å². The summed E-state index contributed by atoms with van der Waals surface area (Å²) < 4.78 is 0. The number of aliphatic hydroxyl groups is 1. The topological polar surface area (TPSA) is 104 Å². The fourth-order valence-corrected chi connectivity index (χ4v) is 2.23. The molecule has 1 aromatic rings. The fourth-order valence-electron chi connectivity index (χ4n) is 1.62. The van der Waals surface area contributed by atoms with Gasteiger partial charge in [-0.25, -0.2) is 0 Å². The molecule has 1 aromatic carbocycles. The number of rotatable bonds is 6. The number of anilines is 1. The number of hydrogen-bond acceptors (Lipinski definition) is 4. The second-order valence-corrected chi connectivity index (χ2v) is 5.93. The Bertz CT molecular complexity index is 541. The number of aliphatic hydroxyl groups excluding tert-OH is 1. The molecule has 0 aliphatic rings. The Morgan fingerprint density at radius 1 is 1.27 bits per heavy atom. The summed E-state index contributed by atoms with van der Waals surface area (Å²) in [5, 5.41) is 14.6. The molecule has 2 amide bonds. The van der Waals surface area contributed by atoms with Gasteiger partial charge in [0, 0.05) is 21.3 Å². The first-order valence-electron chi connectivity index (χ1n) is 6.68. The molecule has 0 aliphatic heterocycles. The molecule has 0 fully saturated rings. The predicted octanol–water partition coefficient (Wildman–Crippen LogP) is 1.52. The number of carbonyl (C=O) groups excluding carboxylic acids is 2. The lowest BCUT2D eigenvalue weighted by Gasteiger charge is -2.15. The van der Waals surface area contributed by atoms with Gasteiger partial charge in [-0.2, -0.15) is 0 Å². The van der Waals surface area contributed by atoms with Crippen LogP contribution in [0.25, 0.3) is 0 Å². The Kier molecular flexibility index (Phi) is 7.09. The number of nitrogens with two attached hydrogens (primary N) is 1. The average molecular weight is 348 g/mol. The van der Waals surface area contributed by atoms with Gasteiger partial charge in [-0.05, 0) is 18.1 Å². The van der Waals surface area contributed by atoms with E-state index in [9.17, 15) is 9.59 Å². The predicted molar refractivity (Wildman–Crippen MR) is 86.8 cm³/mol. The maximum absolute atomic E-state index is 11.8. The maximum Gasteiger partial charge on any atom is 0.243 e. The molecule has 1 rings (SSSR count). The van der Waals surface area contributed by atoms with Gasteiger partial charge in [0.15, 0.2) is 0 Å². The first-order chi connectivity index (χ1) is 10.3. The minimum atomic E-state index is -0.666. The molecule has 122 valence electrons. The van der Waals surface area contributed by atoms with E-state index in [0.717, 1.165) is 0 Å².